The van der Waals surface area contributed by atoms with Crippen molar-refractivity contribution in [2.45, 2.75) is 12.6 Å². The Morgan fingerprint density at radius 3 is 2.85 bits per heavy atom. The molecule has 0 saturated carbocycles. The number of anilines is 1. The number of carbonyl (C=O) groups is 2. The highest BCUT2D eigenvalue weighted by Gasteiger charge is 2.31. The van der Waals surface area contributed by atoms with Gasteiger partial charge in [-0.2, -0.15) is 0 Å². The molecular formula is C12H16N4O4. The van der Waals surface area contributed by atoms with E-state index in [1.807, 2.05) is 0 Å². The Bertz CT molecular complexity index is 583. The predicted octanol–water partition coefficient (Wildman–Crippen LogP) is -1.86. The van der Waals surface area contributed by atoms with Crippen molar-refractivity contribution in [1.29, 1.82) is 0 Å². The molecule has 0 aliphatic carbocycles. The van der Waals surface area contributed by atoms with Crippen LogP contribution in [0.2, 0.25) is 0 Å². The minimum atomic E-state index is -0.798. The van der Waals surface area contributed by atoms with E-state index in [0.29, 0.717) is 12.3 Å². The zero-order valence-electron chi connectivity index (χ0n) is 10.8. The molecule has 0 spiro atoms. The summed E-state index contributed by atoms with van der Waals surface area (Å²) in [5, 5.41) is 0. The van der Waals surface area contributed by atoms with Gasteiger partial charge in [0, 0.05) is 24.5 Å². The summed E-state index contributed by atoms with van der Waals surface area (Å²) in [5.74, 6) is -0.997. The van der Waals surface area contributed by atoms with Gasteiger partial charge in [-0.1, -0.05) is 0 Å². The average Bonchev–Trinajstić information content (AvgIpc) is 2.42. The molecule has 20 heavy (non-hydrogen) atoms. The predicted molar refractivity (Wildman–Crippen MR) is 70.6 cm³/mol. The largest absolute Gasteiger partial charge is 0.398 e. The molecule has 1 unspecified atom stereocenters. The molecule has 1 saturated heterocycles. The standard InChI is InChI=1S/C12H16N4O4/c13-8-1-2-10(17)15(5-8)6-11(18)16-3-4-20-7-9(16)12(14)19/h1-2,5,9H,3-4,6-7,13H2,(H2,14,19). The second-order valence-electron chi connectivity index (χ2n) is 4.51. The van der Waals surface area contributed by atoms with Gasteiger partial charge in [0.2, 0.25) is 11.8 Å². The molecule has 0 radical (unpaired) electrons. The lowest BCUT2D eigenvalue weighted by atomic mass is 10.2. The van der Waals surface area contributed by atoms with E-state index in [1.165, 1.54) is 27.8 Å². The van der Waals surface area contributed by atoms with E-state index < -0.39 is 11.9 Å². The zero-order chi connectivity index (χ0) is 14.7. The summed E-state index contributed by atoms with van der Waals surface area (Å²) in [6.45, 7) is 0.491. The van der Waals surface area contributed by atoms with Crippen molar-refractivity contribution in [1.82, 2.24) is 9.47 Å². The van der Waals surface area contributed by atoms with Crippen LogP contribution >= 0.6 is 0 Å². The Hall–Kier alpha value is -2.35. The van der Waals surface area contributed by atoms with Gasteiger partial charge in [-0.25, -0.2) is 0 Å². The number of nitrogens with zero attached hydrogens (tertiary/aromatic N) is 2. The van der Waals surface area contributed by atoms with Crippen LogP contribution in [0.15, 0.2) is 23.1 Å². The summed E-state index contributed by atoms with van der Waals surface area (Å²) in [6.07, 6.45) is 1.39. The molecule has 1 aromatic heterocycles. The van der Waals surface area contributed by atoms with Crippen molar-refractivity contribution in [3.63, 3.8) is 0 Å². The Morgan fingerprint density at radius 2 is 2.15 bits per heavy atom. The summed E-state index contributed by atoms with van der Waals surface area (Å²) >= 11 is 0. The molecule has 0 aromatic carbocycles. The van der Waals surface area contributed by atoms with Crippen LogP contribution in [0.5, 0.6) is 0 Å². The first-order chi connectivity index (χ1) is 9.49. The van der Waals surface area contributed by atoms with Crippen LogP contribution in [0, 0.1) is 0 Å². The van der Waals surface area contributed by atoms with Gasteiger partial charge in [0.1, 0.15) is 12.6 Å². The molecule has 108 valence electrons. The molecule has 1 atom stereocenters. The summed E-state index contributed by atoms with van der Waals surface area (Å²) in [4.78, 5) is 36.5. The number of pyridine rings is 1. The quantitative estimate of drug-likeness (QED) is 0.673. The second-order valence-corrected chi connectivity index (χ2v) is 4.51. The number of nitrogens with two attached hydrogens (primary N) is 2. The van der Waals surface area contributed by atoms with Crippen LogP contribution in [0.3, 0.4) is 0 Å². The monoisotopic (exact) mass is 280 g/mol. The van der Waals surface area contributed by atoms with Crippen molar-refractivity contribution >= 4 is 17.5 Å². The van der Waals surface area contributed by atoms with E-state index in [4.69, 9.17) is 16.2 Å². The van der Waals surface area contributed by atoms with Crippen molar-refractivity contribution in [3.05, 3.63) is 28.7 Å². The third-order valence-corrected chi connectivity index (χ3v) is 3.09. The van der Waals surface area contributed by atoms with Crippen LogP contribution in [0.1, 0.15) is 0 Å². The van der Waals surface area contributed by atoms with E-state index in [9.17, 15) is 14.4 Å². The fourth-order valence-corrected chi connectivity index (χ4v) is 2.05. The lowest BCUT2D eigenvalue weighted by Gasteiger charge is -2.33. The number of amides is 2. The highest BCUT2D eigenvalue weighted by atomic mass is 16.5. The fourth-order valence-electron chi connectivity index (χ4n) is 2.05. The maximum Gasteiger partial charge on any atom is 0.251 e. The molecule has 2 rings (SSSR count). The number of nitrogen functional groups attached to an aromatic ring is 1. The van der Waals surface area contributed by atoms with Gasteiger partial charge in [0.15, 0.2) is 0 Å². The van der Waals surface area contributed by atoms with Gasteiger partial charge in [-0.15, -0.1) is 0 Å². The van der Waals surface area contributed by atoms with Gasteiger partial charge in [-0.05, 0) is 6.07 Å². The topological polar surface area (TPSA) is 121 Å². The third kappa shape index (κ3) is 2.97. The number of hydrogen-bond donors (Lipinski definition) is 2. The van der Waals surface area contributed by atoms with Crippen molar-refractivity contribution in [3.8, 4) is 0 Å². The summed E-state index contributed by atoms with van der Waals surface area (Å²) < 4.78 is 6.33. The van der Waals surface area contributed by atoms with Gasteiger partial charge >= 0.3 is 0 Å². The van der Waals surface area contributed by atoms with E-state index in [1.54, 1.807) is 0 Å². The van der Waals surface area contributed by atoms with Crippen molar-refractivity contribution in [2.75, 3.05) is 25.5 Å². The maximum absolute atomic E-state index is 12.2. The highest BCUT2D eigenvalue weighted by molar-refractivity contribution is 5.86. The molecule has 8 nitrogen and oxygen atoms in total. The van der Waals surface area contributed by atoms with Crippen LogP contribution < -0.4 is 17.0 Å². The van der Waals surface area contributed by atoms with Gasteiger partial charge in [0.05, 0.1) is 13.2 Å². The summed E-state index contributed by atoms with van der Waals surface area (Å²) in [5.41, 5.74) is 10.9. The van der Waals surface area contributed by atoms with E-state index in [0.717, 1.165) is 0 Å². The zero-order valence-corrected chi connectivity index (χ0v) is 10.8. The molecule has 8 heteroatoms. The first-order valence-electron chi connectivity index (χ1n) is 6.11. The summed E-state index contributed by atoms with van der Waals surface area (Å²) in [6, 6.07) is 1.95. The van der Waals surface area contributed by atoms with Crippen LogP contribution in [0.25, 0.3) is 0 Å². The third-order valence-electron chi connectivity index (χ3n) is 3.09. The smallest absolute Gasteiger partial charge is 0.251 e. The molecule has 0 bridgehead atoms. The molecule has 1 aromatic rings. The fraction of sp³-hybridized carbons (Fsp3) is 0.417. The number of ether oxygens (including phenoxy) is 1. The normalized spacial score (nSPS) is 18.8. The molecule has 4 N–H and O–H groups in total. The molecule has 2 amide bonds. The van der Waals surface area contributed by atoms with E-state index in [-0.39, 0.29) is 31.2 Å². The second kappa shape index (κ2) is 5.74. The van der Waals surface area contributed by atoms with Crippen molar-refractivity contribution < 1.29 is 14.3 Å². The molecular weight excluding hydrogens is 264 g/mol. The Kier molecular flexibility index (Phi) is 4.04. The maximum atomic E-state index is 12.2. The Labute approximate surface area is 114 Å². The number of primary amides is 1. The van der Waals surface area contributed by atoms with Gasteiger partial charge in [0.25, 0.3) is 5.56 Å². The lowest BCUT2D eigenvalue weighted by molar-refractivity contribution is -0.147. The average molecular weight is 280 g/mol. The molecule has 1 fully saturated rings. The number of hydrogen-bond acceptors (Lipinski definition) is 5. The van der Waals surface area contributed by atoms with E-state index >= 15 is 0 Å². The lowest BCUT2D eigenvalue weighted by Crippen LogP contribution is -2.55. The molecule has 1 aliphatic rings. The highest BCUT2D eigenvalue weighted by Crippen LogP contribution is 2.08. The first kappa shape index (κ1) is 14.1. The molecule has 2 heterocycles. The number of aromatic nitrogens is 1. The van der Waals surface area contributed by atoms with Gasteiger partial charge in [-0.3, -0.25) is 14.4 Å². The molecule has 1 aliphatic heterocycles. The first-order valence-corrected chi connectivity index (χ1v) is 6.11. The minimum absolute atomic E-state index is 0.0763. The van der Waals surface area contributed by atoms with Crippen LogP contribution in [-0.4, -0.2) is 47.1 Å². The number of morpholine rings is 1. The van der Waals surface area contributed by atoms with Crippen LogP contribution in [0.4, 0.5) is 5.69 Å². The van der Waals surface area contributed by atoms with Crippen LogP contribution in [-0.2, 0) is 20.9 Å². The van der Waals surface area contributed by atoms with Gasteiger partial charge < -0.3 is 25.7 Å². The summed E-state index contributed by atoms with van der Waals surface area (Å²) in [7, 11) is 0. The Balaban J connectivity index is 2.16. The SMILES string of the molecule is NC(=O)C1COCCN1C(=O)Cn1cc(N)ccc1=O. The minimum Gasteiger partial charge on any atom is -0.398 e. The number of carbonyl (C=O) groups excluding carboxylic acids is 2. The Morgan fingerprint density at radius 1 is 1.40 bits per heavy atom. The van der Waals surface area contributed by atoms with E-state index in [2.05, 4.69) is 0 Å². The van der Waals surface area contributed by atoms with Crippen molar-refractivity contribution in [2.24, 2.45) is 5.73 Å². The number of rotatable bonds is 3.